The molecule has 0 radical (unpaired) electrons. The Hall–Kier alpha value is -1.01. The van der Waals surface area contributed by atoms with Crippen LogP contribution in [0, 0.1) is 21.8 Å². The number of nitrogens with one attached hydrogen (secondary N) is 1. The van der Waals surface area contributed by atoms with Crippen molar-refractivity contribution in [3.63, 3.8) is 0 Å². The van der Waals surface area contributed by atoms with E-state index in [1.165, 1.54) is 0 Å². The van der Waals surface area contributed by atoms with Crippen LogP contribution in [0.4, 0.5) is 0 Å². The van der Waals surface area contributed by atoms with Crippen LogP contribution < -0.4 is 0 Å². The van der Waals surface area contributed by atoms with Crippen LogP contribution in [0.15, 0.2) is 24.3 Å². The molecule has 106 valence electrons. The number of ether oxygens (including phenoxy) is 1. The minimum absolute atomic E-state index is 0.129. The molecule has 0 unspecified atom stereocenters. The van der Waals surface area contributed by atoms with E-state index in [4.69, 9.17) is 10.1 Å². The molecule has 2 aromatic rings. The lowest BCUT2D eigenvalue weighted by Gasteiger charge is -2.17. The molecule has 0 aliphatic heterocycles. The highest BCUT2D eigenvalue weighted by Gasteiger charge is 2.17. The molecule has 1 heterocycles. The molecule has 1 atom stereocenters. The normalized spacial score (nSPS) is 12.6. The Morgan fingerprint density at radius 1 is 1.40 bits per heavy atom. The van der Waals surface area contributed by atoms with Crippen LogP contribution in [0.2, 0.25) is 0 Å². The molecule has 0 aliphatic rings. The van der Waals surface area contributed by atoms with Gasteiger partial charge in [-0.2, -0.15) is 0 Å². The first-order valence-electron chi connectivity index (χ1n) is 6.71. The third kappa shape index (κ3) is 3.17. The lowest BCUT2D eigenvalue weighted by molar-refractivity contribution is 0.174. The number of benzene rings is 1. The molecule has 0 bridgehead atoms. The smallest absolute Gasteiger partial charge is 0.0722 e. The van der Waals surface area contributed by atoms with Crippen molar-refractivity contribution in [3.05, 3.63) is 39.1 Å². The number of methoxy groups -OCH3 is 1. The molecular weight excluding hydrogens is 363 g/mol. The molecule has 0 amide bonds. The molecular formula is C16H19IN2O. The van der Waals surface area contributed by atoms with E-state index in [-0.39, 0.29) is 5.92 Å². The maximum atomic E-state index is 8.51. The Labute approximate surface area is 133 Å². The fraction of sp³-hybridized carbons (Fsp3) is 0.375. The fourth-order valence-electron chi connectivity index (χ4n) is 2.38. The minimum Gasteiger partial charge on any atom is -0.384 e. The Bertz CT molecular complexity index is 634. The monoisotopic (exact) mass is 382 g/mol. The van der Waals surface area contributed by atoms with E-state index in [1.54, 1.807) is 7.11 Å². The summed E-state index contributed by atoms with van der Waals surface area (Å²) in [6.07, 6.45) is 0.903. The summed E-state index contributed by atoms with van der Waals surface area (Å²) in [5.74, 6) is 0.129. The number of fused-ring (bicyclic) bond motifs is 1. The van der Waals surface area contributed by atoms with E-state index in [0.29, 0.717) is 12.3 Å². The number of rotatable bonds is 5. The second-order valence-corrected chi connectivity index (χ2v) is 6.19. The van der Waals surface area contributed by atoms with Gasteiger partial charge < -0.3 is 10.1 Å². The van der Waals surface area contributed by atoms with E-state index >= 15 is 0 Å². The molecule has 1 N–H and O–H groups in total. The molecule has 0 fully saturated rings. The van der Waals surface area contributed by atoms with Gasteiger partial charge in [0.25, 0.3) is 0 Å². The quantitative estimate of drug-likeness (QED) is 0.623. The van der Waals surface area contributed by atoms with Gasteiger partial charge in [-0.3, -0.25) is 4.98 Å². The van der Waals surface area contributed by atoms with Crippen LogP contribution in [0.3, 0.4) is 0 Å². The van der Waals surface area contributed by atoms with Crippen LogP contribution in [-0.4, -0.2) is 24.4 Å². The number of aromatic nitrogens is 1. The van der Waals surface area contributed by atoms with Gasteiger partial charge in [0.1, 0.15) is 0 Å². The first-order valence-corrected chi connectivity index (χ1v) is 7.79. The number of nitrogens with zero attached hydrogens (tertiary/aromatic N) is 1. The van der Waals surface area contributed by atoms with Gasteiger partial charge in [0.15, 0.2) is 0 Å². The number of pyridine rings is 1. The summed E-state index contributed by atoms with van der Waals surface area (Å²) >= 11 is 2.29. The van der Waals surface area contributed by atoms with Gasteiger partial charge in [-0.15, -0.1) is 0 Å². The van der Waals surface area contributed by atoms with Crippen molar-refractivity contribution in [3.8, 4) is 0 Å². The van der Waals surface area contributed by atoms with Crippen molar-refractivity contribution < 1.29 is 4.74 Å². The Kier molecular flexibility index (Phi) is 5.10. The number of halogens is 1. The predicted octanol–water partition coefficient (Wildman–Crippen LogP) is 4.19. The van der Waals surface area contributed by atoms with Crippen LogP contribution in [-0.2, 0) is 4.74 Å². The molecule has 0 aliphatic carbocycles. The highest BCUT2D eigenvalue weighted by Crippen LogP contribution is 2.24. The van der Waals surface area contributed by atoms with E-state index in [9.17, 15) is 0 Å². The van der Waals surface area contributed by atoms with Gasteiger partial charge in [-0.1, -0.05) is 13.0 Å². The van der Waals surface area contributed by atoms with Crippen LogP contribution >= 0.6 is 22.6 Å². The molecule has 20 heavy (non-hydrogen) atoms. The Morgan fingerprint density at radius 3 is 2.80 bits per heavy atom. The van der Waals surface area contributed by atoms with Gasteiger partial charge in [0, 0.05) is 39.0 Å². The van der Waals surface area contributed by atoms with Crippen molar-refractivity contribution in [2.45, 2.75) is 20.3 Å². The average Bonchev–Trinajstić information content (AvgIpc) is 2.42. The minimum atomic E-state index is 0.129. The van der Waals surface area contributed by atoms with Gasteiger partial charge in [0.05, 0.1) is 12.1 Å². The topological polar surface area (TPSA) is 46.0 Å². The van der Waals surface area contributed by atoms with Crippen LogP contribution in [0.25, 0.3) is 10.9 Å². The molecule has 1 aromatic carbocycles. The highest BCUT2D eigenvalue weighted by molar-refractivity contribution is 14.1. The lowest BCUT2D eigenvalue weighted by Crippen LogP contribution is -2.19. The van der Waals surface area contributed by atoms with E-state index in [2.05, 4.69) is 52.7 Å². The van der Waals surface area contributed by atoms with Gasteiger partial charge >= 0.3 is 0 Å². The average molecular weight is 382 g/mol. The molecule has 0 saturated heterocycles. The Balaban J connectivity index is 2.55. The summed E-state index contributed by atoms with van der Waals surface area (Å²) in [5, 5.41) is 9.56. The largest absolute Gasteiger partial charge is 0.384 e. The summed E-state index contributed by atoms with van der Waals surface area (Å²) < 4.78 is 6.40. The molecule has 0 spiro atoms. The van der Waals surface area contributed by atoms with Crippen molar-refractivity contribution in [1.82, 2.24) is 4.98 Å². The number of hydrogen-bond acceptors (Lipinski definition) is 3. The third-order valence-corrected chi connectivity index (χ3v) is 4.13. The van der Waals surface area contributed by atoms with Crippen LogP contribution in [0.5, 0.6) is 0 Å². The maximum absolute atomic E-state index is 8.51. The summed E-state index contributed by atoms with van der Waals surface area (Å²) in [4.78, 5) is 4.58. The summed E-state index contributed by atoms with van der Waals surface area (Å²) in [6.45, 7) is 4.66. The van der Waals surface area contributed by atoms with Crippen molar-refractivity contribution in [2.75, 3.05) is 13.7 Å². The fourth-order valence-corrected chi connectivity index (χ4v) is 2.86. The molecule has 1 aromatic heterocycles. The standard InChI is InChI=1S/C16H19IN2O/c1-4-11(9-20-3)16(18)14-7-10(2)19-15-8-12(17)5-6-13(14)15/h5-8,11,18H,4,9H2,1-3H3/t11-/m0/s1. The number of hydrogen-bond donors (Lipinski definition) is 1. The molecule has 0 saturated carbocycles. The SMILES string of the molecule is CC[C@@H](COC)C(=N)c1cc(C)nc2cc(I)ccc12. The first-order chi connectivity index (χ1) is 9.56. The zero-order valence-electron chi connectivity index (χ0n) is 12.0. The predicted molar refractivity (Wildman–Crippen MR) is 91.7 cm³/mol. The zero-order valence-corrected chi connectivity index (χ0v) is 14.2. The molecule has 3 nitrogen and oxygen atoms in total. The van der Waals surface area contributed by atoms with E-state index < -0.39 is 0 Å². The highest BCUT2D eigenvalue weighted by atomic mass is 127. The van der Waals surface area contributed by atoms with E-state index in [1.807, 2.05) is 13.0 Å². The number of aryl methyl sites for hydroxylation is 1. The maximum Gasteiger partial charge on any atom is 0.0722 e. The van der Waals surface area contributed by atoms with Crippen molar-refractivity contribution >= 4 is 39.2 Å². The van der Waals surface area contributed by atoms with Gasteiger partial charge in [-0.25, -0.2) is 0 Å². The Morgan fingerprint density at radius 2 is 2.15 bits per heavy atom. The second kappa shape index (κ2) is 6.63. The molecule has 4 heteroatoms. The lowest BCUT2D eigenvalue weighted by atomic mass is 9.92. The third-order valence-electron chi connectivity index (χ3n) is 3.46. The van der Waals surface area contributed by atoms with Crippen molar-refractivity contribution in [1.29, 1.82) is 5.41 Å². The van der Waals surface area contributed by atoms with Crippen LogP contribution in [0.1, 0.15) is 24.6 Å². The summed E-state index contributed by atoms with van der Waals surface area (Å²) in [7, 11) is 1.69. The first kappa shape index (κ1) is 15.4. The van der Waals surface area contributed by atoms with E-state index in [0.717, 1.165) is 32.2 Å². The van der Waals surface area contributed by atoms with Gasteiger partial charge in [-0.05, 0) is 54.1 Å². The zero-order chi connectivity index (χ0) is 14.7. The summed E-state index contributed by atoms with van der Waals surface area (Å²) in [5.41, 5.74) is 3.54. The summed E-state index contributed by atoms with van der Waals surface area (Å²) in [6, 6.07) is 8.20. The van der Waals surface area contributed by atoms with Crippen molar-refractivity contribution in [2.24, 2.45) is 5.92 Å². The van der Waals surface area contributed by atoms with Gasteiger partial charge in [0.2, 0.25) is 0 Å². The molecule has 2 rings (SSSR count). The second-order valence-electron chi connectivity index (χ2n) is 4.95.